The maximum Gasteiger partial charge on any atom is 0.243 e. The maximum absolute atomic E-state index is 12.5. The van der Waals surface area contributed by atoms with Crippen LogP contribution in [0.1, 0.15) is 23.7 Å². The molecule has 0 aliphatic rings. The summed E-state index contributed by atoms with van der Waals surface area (Å²) in [7, 11) is 1.57. The number of ketones is 1. The summed E-state index contributed by atoms with van der Waals surface area (Å²) in [5.41, 5.74) is 7.07. The van der Waals surface area contributed by atoms with Crippen molar-refractivity contribution in [2.75, 3.05) is 30.4 Å². The number of ether oxygens (including phenoxy) is 1. The van der Waals surface area contributed by atoms with Crippen LogP contribution in [-0.4, -0.2) is 37.8 Å². The summed E-state index contributed by atoms with van der Waals surface area (Å²) in [6.07, 6.45) is 0.124. The highest BCUT2D eigenvalue weighted by molar-refractivity contribution is 5.98. The number of hydrogen-bond donors (Lipinski definition) is 2. The molecule has 0 atom stereocenters. The summed E-state index contributed by atoms with van der Waals surface area (Å²) in [6.45, 7) is 1.81. The highest BCUT2D eigenvalue weighted by atomic mass is 16.5. The van der Waals surface area contributed by atoms with E-state index in [0.717, 1.165) is 5.69 Å². The molecule has 0 heterocycles. The molecule has 0 saturated heterocycles. The van der Waals surface area contributed by atoms with Crippen LogP contribution in [0.15, 0.2) is 48.5 Å². The Bertz CT molecular complexity index is 818. The summed E-state index contributed by atoms with van der Waals surface area (Å²) in [6, 6.07) is 13.9. The predicted octanol–water partition coefficient (Wildman–Crippen LogP) is 2.22. The van der Waals surface area contributed by atoms with Crippen LogP contribution in [0, 0.1) is 0 Å². The molecule has 27 heavy (non-hydrogen) atoms. The second-order valence-corrected chi connectivity index (χ2v) is 6.02. The number of benzene rings is 2. The third-order valence-electron chi connectivity index (χ3n) is 3.95. The van der Waals surface area contributed by atoms with Crippen LogP contribution in [0.5, 0.6) is 5.75 Å². The number of nitrogens with two attached hydrogens (primary N) is 1. The molecule has 0 aliphatic carbocycles. The Hall–Kier alpha value is -3.35. The van der Waals surface area contributed by atoms with Crippen LogP contribution < -0.4 is 20.7 Å². The Morgan fingerprint density at radius 1 is 1.11 bits per heavy atom. The van der Waals surface area contributed by atoms with Gasteiger partial charge >= 0.3 is 0 Å². The molecule has 0 aromatic heterocycles. The molecule has 0 bridgehead atoms. The topological polar surface area (TPSA) is 102 Å². The largest absolute Gasteiger partial charge is 0.497 e. The van der Waals surface area contributed by atoms with Crippen LogP contribution in [0.2, 0.25) is 0 Å². The van der Waals surface area contributed by atoms with E-state index in [1.54, 1.807) is 48.4 Å². The first-order valence-electron chi connectivity index (χ1n) is 8.47. The van der Waals surface area contributed by atoms with Gasteiger partial charge in [0.15, 0.2) is 5.78 Å². The van der Waals surface area contributed by atoms with Crippen molar-refractivity contribution in [3.8, 4) is 5.75 Å². The standard InChI is InChI=1S/C20H23N3O4/c1-14(24)15-4-3-5-16(12-15)22-20(26)13-23(11-10-19(21)25)17-6-8-18(27-2)9-7-17/h3-9,12H,10-11,13H2,1-2H3,(H2,21,25)(H,22,26). The molecule has 0 aliphatic heterocycles. The van der Waals surface area contributed by atoms with Crippen LogP contribution >= 0.6 is 0 Å². The van der Waals surface area contributed by atoms with E-state index >= 15 is 0 Å². The maximum atomic E-state index is 12.5. The average molecular weight is 369 g/mol. The quantitative estimate of drug-likeness (QED) is 0.660. The zero-order valence-corrected chi connectivity index (χ0v) is 15.4. The monoisotopic (exact) mass is 369 g/mol. The van der Waals surface area contributed by atoms with E-state index in [2.05, 4.69) is 5.32 Å². The minimum absolute atomic E-state index is 0.0317. The highest BCUT2D eigenvalue weighted by Gasteiger charge is 2.14. The second-order valence-electron chi connectivity index (χ2n) is 6.02. The van der Waals surface area contributed by atoms with Gasteiger partial charge in [-0.2, -0.15) is 0 Å². The summed E-state index contributed by atoms with van der Waals surface area (Å²) in [5.74, 6) is -0.0920. The van der Waals surface area contributed by atoms with Gasteiger partial charge in [0.1, 0.15) is 5.75 Å². The number of carbonyl (C=O) groups excluding carboxylic acids is 3. The molecule has 0 radical (unpaired) electrons. The van der Waals surface area contributed by atoms with Gasteiger partial charge in [0.05, 0.1) is 13.7 Å². The van der Waals surface area contributed by atoms with Crippen molar-refractivity contribution < 1.29 is 19.1 Å². The van der Waals surface area contributed by atoms with E-state index in [0.29, 0.717) is 23.5 Å². The lowest BCUT2D eigenvalue weighted by Crippen LogP contribution is -2.35. The van der Waals surface area contributed by atoms with Crippen molar-refractivity contribution >= 4 is 29.0 Å². The van der Waals surface area contributed by atoms with E-state index in [4.69, 9.17) is 10.5 Å². The molecule has 2 aromatic rings. The minimum Gasteiger partial charge on any atom is -0.497 e. The SMILES string of the molecule is COc1ccc(N(CCC(N)=O)CC(=O)Nc2cccc(C(C)=O)c2)cc1. The number of hydrogen-bond acceptors (Lipinski definition) is 5. The lowest BCUT2D eigenvalue weighted by molar-refractivity contribution is -0.118. The molecule has 3 N–H and O–H groups in total. The third kappa shape index (κ3) is 6.14. The fraction of sp³-hybridized carbons (Fsp3) is 0.250. The summed E-state index contributed by atoms with van der Waals surface area (Å²) >= 11 is 0. The number of nitrogens with zero attached hydrogens (tertiary/aromatic N) is 1. The van der Waals surface area contributed by atoms with Crippen molar-refractivity contribution in [3.63, 3.8) is 0 Å². The van der Waals surface area contributed by atoms with Gasteiger partial charge in [-0.3, -0.25) is 14.4 Å². The van der Waals surface area contributed by atoms with Gasteiger partial charge in [-0.25, -0.2) is 0 Å². The Kier molecular flexibility index (Phi) is 6.93. The summed E-state index contributed by atoms with van der Waals surface area (Å²) in [5, 5.41) is 2.77. The zero-order valence-electron chi connectivity index (χ0n) is 15.4. The molecule has 0 spiro atoms. The molecule has 0 fully saturated rings. The number of Topliss-reactive ketones (excluding diaryl/α,β-unsaturated/α-hetero) is 1. The van der Waals surface area contributed by atoms with E-state index in [1.165, 1.54) is 6.92 Å². The first kappa shape index (κ1) is 20.0. The molecule has 2 rings (SSSR count). The van der Waals surface area contributed by atoms with Crippen LogP contribution in [0.3, 0.4) is 0 Å². The van der Waals surface area contributed by atoms with Crippen molar-refractivity contribution in [2.24, 2.45) is 5.73 Å². The molecular formula is C20H23N3O4. The van der Waals surface area contributed by atoms with Crippen molar-refractivity contribution in [1.82, 2.24) is 0 Å². The predicted molar refractivity (Wildman–Crippen MR) is 104 cm³/mol. The van der Waals surface area contributed by atoms with Gasteiger partial charge in [-0.1, -0.05) is 12.1 Å². The number of carbonyl (C=O) groups is 3. The number of rotatable bonds is 9. The molecule has 7 nitrogen and oxygen atoms in total. The van der Waals surface area contributed by atoms with Crippen LogP contribution in [0.4, 0.5) is 11.4 Å². The number of amides is 2. The fourth-order valence-electron chi connectivity index (χ4n) is 2.53. The van der Waals surface area contributed by atoms with Crippen LogP contribution in [-0.2, 0) is 9.59 Å². The second kappa shape index (κ2) is 9.38. The summed E-state index contributed by atoms with van der Waals surface area (Å²) < 4.78 is 5.14. The normalized spacial score (nSPS) is 10.1. The lowest BCUT2D eigenvalue weighted by atomic mass is 10.1. The summed E-state index contributed by atoms with van der Waals surface area (Å²) in [4.78, 5) is 36.9. The fourth-order valence-corrected chi connectivity index (χ4v) is 2.53. The number of methoxy groups -OCH3 is 1. The Morgan fingerprint density at radius 3 is 2.41 bits per heavy atom. The van der Waals surface area contributed by atoms with Gasteiger partial charge in [0.25, 0.3) is 0 Å². The molecule has 0 unspecified atom stereocenters. The van der Waals surface area contributed by atoms with Gasteiger partial charge in [0.2, 0.25) is 11.8 Å². The smallest absolute Gasteiger partial charge is 0.243 e. The van der Waals surface area contributed by atoms with E-state index in [9.17, 15) is 14.4 Å². The highest BCUT2D eigenvalue weighted by Crippen LogP contribution is 2.20. The molecule has 0 saturated carbocycles. The lowest BCUT2D eigenvalue weighted by Gasteiger charge is -2.24. The first-order valence-corrected chi connectivity index (χ1v) is 8.47. The van der Waals surface area contributed by atoms with Gasteiger partial charge < -0.3 is 20.7 Å². The number of nitrogens with one attached hydrogen (secondary N) is 1. The van der Waals surface area contributed by atoms with Crippen molar-refractivity contribution in [2.45, 2.75) is 13.3 Å². The molecule has 2 amide bonds. The van der Waals surface area contributed by atoms with Gasteiger partial charge in [-0.15, -0.1) is 0 Å². The average Bonchev–Trinajstić information content (AvgIpc) is 2.65. The van der Waals surface area contributed by atoms with E-state index < -0.39 is 5.91 Å². The zero-order chi connectivity index (χ0) is 19.8. The molecule has 142 valence electrons. The minimum atomic E-state index is -0.442. The van der Waals surface area contributed by atoms with Gasteiger partial charge in [0, 0.05) is 29.9 Å². The van der Waals surface area contributed by atoms with E-state index in [-0.39, 0.29) is 24.7 Å². The molecule has 7 heteroatoms. The number of anilines is 2. The van der Waals surface area contributed by atoms with E-state index in [1.807, 2.05) is 12.1 Å². The Morgan fingerprint density at radius 2 is 1.81 bits per heavy atom. The van der Waals surface area contributed by atoms with Crippen LogP contribution in [0.25, 0.3) is 0 Å². The third-order valence-corrected chi connectivity index (χ3v) is 3.95. The van der Waals surface area contributed by atoms with Gasteiger partial charge in [-0.05, 0) is 43.3 Å². The number of primary amides is 1. The van der Waals surface area contributed by atoms with Crippen molar-refractivity contribution in [1.29, 1.82) is 0 Å². The Balaban J connectivity index is 2.10. The van der Waals surface area contributed by atoms with Crippen molar-refractivity contribution in [3.05, 3.63) is 54.1 Å². The first-order chi connectivity index (χ1) is 12.9. The Labute approximate surface area is 158 Å². The molecule has 2 aromatic carbocycles. The molecular weight excluding hydrogens is 346 g/mol.